The average Bonchev–Trinajstić information content (AvgIpc) is 2.78. The Morgan fingerprint density at radius 3 is 2.70 bits per heavy atom. The summed E-state index contributed by atoms with van der Waals surface area (Å²) in [4.78, 5) is 15.5. The lowest BCUT2D eigenvalue weighted by atomic mass is 10.1. The fourth-order valence-corrected chi connectivity index (χ4v) is 3.21. The Morgan fingerprint density at radius 1 is 1.26 bits per heavy atom. The molecule has 2 aromatic rings. The molecule has 0 amide bonds. The first-order valence-electron chi connectivity index (χ1n) is 7.77. The van der Waals surface area contributed by atoms with Gasteiger partial charge in [0.25, 0.3) is 0 Å². The molecule has 0 spiro atoms. The van der Waals surface area contributed by atoms with Gasteiger partial charge in [0.05, 0.1) is 4.92 Å². The maximum absolute atomic E-state index is 11.6. The topological polar surface area (TPSA) is 67.4 Å². The third-order valence-electron chi connectivity index (χ3n) is 4.35. The van der Waals surface area contributed by atoms with Crippen molar-refractivity contribution in [3.63, 3.8) is 0 Å². The number of aromatic nitrogens is 2. The van der Waals surface area contributed by atoms with Crippen molar-refractivity contribution in [2.45, 2.75) is 19.9 Å². The molecule has 2 heterocycles. The van der Waals surface area contributed by atoms with E-state index in [2.05, 4.69) is 34.1 Å². The Bertz CT molecular complexity index is 740. The van der Waals surface area contributed by atoms with Crippen LogP contribution in [-0.4, -0.2) is 34.8 Å². The number of nitrogens with zero attached hydrogens (tertiary/aromatic N) is 5. The molecular formula is C16H21N5O2. The first-order valence-corrected chi connectivity index (χ1v) is 7.77. The van der Waals surface area contributed by atoms with Crippen LogP contribution in [0.4, 0.5) is 17.2 Å². The SMILES string of the molecule is CCc1nn(C)c(N2CCN(C)c3ccccc3C2)c1[N+](=O)[O-]. The first kappa shape index (κ1) is 15.3. The van der Waals surface area contributed by atoms with Gasteiger partial charge in [0.2, 0.25) is 5.82 Å². The summed E-state index contributed by atoms with van der Waals surface area (Å²) in [6.07, 6.45) is 0.550. The van der Waals surface area contributed by atoms with Crippen LogP contribution < -0.4 is 9.80 Å². The number of rotatable bonds is 3. The molecule has 7 nitrogen and oxygen atoms in total. The molecule has 0 bridgehead atoms. The minimum atomic E-state index is -0.304. The van der Waals surface area contributed by atoms with E-state index in [0.717, 1.165) is 6.54 Å². The van der Waals surface area contributed by atoms with Crippen molar-refractivity contribution >= 4 is 17.2 Å². The summed E-state index contributed by atoms with van der Waals surface area (Å²) in [5, 5.41) is 15.9. The summed E-state index contributed by atoms with van der Waals surface area (Å²) >= 11 is 0. The summed E-state index contributed by atoms with van der Waals surface area (Å²) in [7, 11) is 3.83. The zero-order chi connectivity index (χ0) is 16.6. The van der Waals surface area contributed by atoms with Crippen LogP contribution in [0.5, 0.6) is 0 Å². The lowest BCUT2D eigenvalue weighted by Gasteiger charge is -2.22. The van der Waals surface area contributed by atoms with E-state index in [1.807, 2.05) is 19.1 Å². The second-order valence-electron chi connectivity index (χ2n) is 5.83. The molecule has 0 saturated carbocycles. The van der Waals surface area contributed by atoms with Gasteiger partial charge in [-0.15, -0.1) is 0 Å². The smallest absolute Gasteiger partial charge is 0.334 e. The van der Waals surface area contributed by atoms with Crippen LogP contribution in [0.3, 0.4) is 0 Å². The van der Waals surface area contributed by atoms with Crippen LogP contribution in [0, 0.1) is 10.1 Å². The van der Waals surface area contributed by atoms with E-state index in [-0.39, 0.29) is 10.6 Å². The van der Waals surface area contributed by atoms with Gasteiger partial charge in [0.15, 0.2) is 0 Å². The van der Waals surface area contributed by atoms with E-state index in [4.69, 9.17) is 0 Å². The highest BCUT2D eigenvalue weighted by Crippen LogP contribution is 2.34. The first-order chi connectivity index (χ1) is 11.0. The van der Waals surface area contributed by atoms with Gasteiger partial charge in [-0.1, -0.05) is 25.1 Å². The molecule has 1 aromatic heterocycles. The molecule has 0 unspecified atom stereocenters. The molecule has 0 fully saturated rings. The molecule has 7 heteroatoms. The van der Waals surface area contributed by atoms with Crippen LogP contribution in [0.15, 0.2) is 24.3 Å². The lowest BCUT2D eigenvalue weighted by Crippen LogP contribution is -2.30. The zero-order valence-corrected chi connectivity index (χ0v) is 13.7. The van der Waals surface area contributed by atoms with Crippen molar-refractivity contribution < 1.29 is 4.92 Å². The molecule has 0 aliphatic carbocycles. The lowest BCUT2D eigenvalue weighted by molar-refractivity contribution is -0.384. The molecule has 23 heavy (non-hydrogen) atoms. The van der Waals surface area contributed by atoms with Crippen molar-refractivity contribution in [1.29, 1.82) is 0 Å². The fourth-order valence-electron chi connectivity index (χ4n) is 3.21. The van der Waals surface area contributed by atoms with Crippen molar-refractivity contribution in [2.24, 2.45) is 7.05 Å². The van der Waals surface area contributed by atoms with E-state index < -0.39 is 0 Å². The largest absolute Gasteiger partial charge is 0.373 e. The number of likely N-dealkylation sites (N-methyl/N-ethyl adjacent to an activating group) is 1. The summed E-state index contributed by atoms with van der Waals surface area (Å²) in [6.45, 7) is 4.06. The Hall–Kier alpha value is -2.57. The van der Waals surface area contributed by atoms with E-state index in [9.17, 15) is 10.1 Å². The Kier molecular flexibility index (Phi) is 3.94. The number of fused-ring (bicyclic) bond motifs is 1. The number of nitro groups is 1. The minimum absolute atomic E-state index is 0.136. The van der Waals surface area contributed by atoms with Gasteiger partial charge in [0, 0.05) is 39.4 Å². The highest BCUT2D eigenvalue weighted by molar-refractivity contribution is 5.64. The maximum atomic E-state index is 11.6. The van der Waals surface area contributed by atoms with Crippen molar-refractivity contribution in [1.82, 2.24) is 9.78 Å². The van der Waals surface area contributed by atoms with Gasteiger partial charge in [-0.25, -0.2) is 4.68 Å². The number of para-hydroxylation sites is 1. The number of hydrogen-bond donors (Lipinski definition) is 0. The predicted molar refractivity (Wildman–Crippen MR) is 90.0 cm³/mol. The standard InChI is InChI=1S/C16H21N5O2/c1-4-13-15(21(22)23)16(19(3)17-13)20-10-9-18(2)14-8-6-5-7-12(14)11-20/h5-8H,4,9-11H2,1-3H3. The van der Waals surface area contributed by atoms with Crippen LogP contribution in [-0.2, 0) is 20.0 Å². The van der Waals surface area contributed by atoms with Crippen LogP contribution in [0.1, 0.15) is 18.2 Å². The number of aryl methyl sites for hydroxylation is 2. The van der Waals surface area contributed by atoms with Crippen molar-refractivity contribution in [2.75, 3.05) is 29.9 Å². The van der Waals surface area contributed by atoms with Crippen molar-refractivity contribution in [3.8, 4) is 0 Å². The molecule has 1 aliphatic rings. The molecule has 0 atom stereocenters. The Balaban J connectivity index is 2.07. The zero-order valence-electron chi connectivity index (χ0n) is 13.7. The third-order valence-corrected chi connectivity index (χ3v) is 4.35. The monoisotopic (exact) mass is 315 g/mol. The van der Waals surface area contributed by atoms with Gasteiger partial charge in [-0.3, -0.25) is 10.1 Å². The van der Waals surface area contributed by atoms with Gasteiger partial charge in [0.1, 0.15) is 5.69 Å². The second-order valence-corrected chi connectivity index (χ2v) is 5.83. The number of anilines is 2. The van der Waals surface area contributed by atoms with Crippen LogP contribution >= 0.6 is 0 Å². The fraction of sp³-hybridized carbons (Fsp3) is 0.438. The normalized spacial score (nSPS) is 14.6. The molecule has 1 aromatic carbocycles. The van der Waals surface area contributed by atoms with E-state index in [0.29, 0.717) is 31.0 Å². The molecule has 3 rings (SSSR count). The summed E-state index contributed by atoms with van der Waals surface area (Å²) in [5.74, 6) is 0.594. The third kappa shape index (κ3) is 2.62. The highest BCUT2D eigenvalue weighted by Gasteiger charge is 2.31. The van der Waals surface area contributed by atoms with Gasteiger partial charge in [-0.2, -0.15) is 5.10 Å². The Morgan fingerprint density at radius 2 is 2.00 bits per heavy atom. The molecular weight excluding hydrogens is 294 g/mol. The predicted octanol–water partition coefficient (Wildman–Crippen LogP) is 2.35. The summed E-state index contributed by atoms with van der Waals surface area (Å²) in [5.41, 5.74) is 3.02. The molecule has 122 valence electrons. The van der Waals surface area contributed by atoms with E-state index in [1.54, 1.807) is 11.7 Å². The second kappa shape index (κ2) is 5.91. The Labute approximate surface area is 135 Å². The average molecular weight is 315 g/mol. The summed E-state index contributed by atoms with van der Waals surface area (Å²) < 4.78 is 1.64. The minimum Gasteiger partial charge on any atom is -0.373 e. The van der Waals surface area contributed by atoms with Gasteiger partial charge >= 0.3 is 5.69 Å². The summed E-state index contributed by atoms with van der Waals surface area (Å²) in [6, 6.07) is 8.19. The van der Waals surface area contributed by atoms with Gasteiger partial charge < -0.3 is 9.80 Å². The van der Waals surface area contributed by atoms with Crippen molar-refractivity contribution in [3.05, 3.63) is 45.6 Å². The van der Waals surface area contributed by atoms with Crippen LogP contribution in [0.2, 0.25) is 0 Å². The molecule has 0 saturated heterocycles. The van der Waals surface area contributed by atoms with E-state index in [1.165, 1.54) is 11.3 Å². The number of hydrogen-bond acceptors (Lipinski definition) is 5. The quantitative estimate of drug-likeness (QED) is 0.642. The molecule has 0 N–H and O–H groups in total. The maximum Gasteiger partial charge on any atom is 0.334 e. The highest BCUT2D eigenvalue weighted by atomic mass is 16.6. The molecule has 0 radical (unpaired) electrons. The van der Waals surface area contributed by atoms with Gasteiger partial charge in [-0.05, 0) is 18.1 Å². The van der Waals surface area contributed by atoms with E-state index >= 15 is 0 Å². The van der Waals surface area contributed by atoms with Crippen LogP contribution in [0.25, 0.3) is 0 Å². The number of benzene rings is 1. The molecule has 1 aliphatic heterocycles.